The number of nitrogens with two attached hydrogens (primary N) is 1. The molecule has 0 aliphatic heterocycles. The molecule has 0 spiro atoms. The maximum absolute atomic E-state index is 6.12. The first-order valence-corrected chi connectivity index (χ1v) is 7.82. The van der Waals surface area contributed by atoms with Gasteiger partial charge in [-0.2, -0.15) is 0 Å². The molecule has 106 valence electrons. The van der Waals surface area contributed by atoms with Crippen LogP contribution in [-0.4, -0.2) is 6.61 Å². The molecule has 2 rings (SSSR count). The minimum absolute atomic E-state index is 0.229. The number of ether oxygens (including phenoxy) is 1. The molecule has 0 aromatic heterocycles. The van der Waals surface area contributed by atoms with Gasteiger partial charge in [0.15, 0.2) is 0 Å². The van der Waals surface area contributed by atoms with E-state index >= 15 is 0 Å². The molecule has 0 saturated carbocycles. The Bertz CT molecular complexity index is 389. The quantitative estimate of drug-likeness (QED) is 0.740. The lowest BCUT2D eigenvalue weighted by Gasteiger charge is -2.22. The molecule has 0 saturated heterocycles. The van der Waals surface area contributed by atoms with E-state index < -0.39 is 0 Å². The molecule has 2 nitrogen and oxygen atoms in total. The third-order valence-electron chi connectivity index (χ3n) is 3.99. The van der Waals surface area contributed by atoms with Crippen LogP contribution < -0.4 is 10.5 Å². The van der Waals surface area contributed by atoms with Crippen LogP contribution in [0.1, 0.15) is 69.0 Å². The van der Waals surface area contributed by atoms with Crippen LogP contribution in [0.3, 0.4) is 0 Å². The summed E-state index contributed by atoms with van der Waals surface area (Å²) in [6.45, 7) is 3.09. The van der Waals surface area contributed by atoms with Crippen LogP contribution in [0.15, 0.2) is 18.2 Å². The smallest absolute Gasteiger partial charge is 0.119 e. The number of fused-ring (bicyclic) bond motifs is 1. The van der Waals surface area contributed by atoms with Crippen LogP contribution >= 0.6 is 0 Å². The molecule has 0 amide bonds. The Balaban J connectivity index is 1.78. The van der Waals surface area contributed by atoms with Gasteiger partial charge in [0.25, 0.3) is 0 Å². The number of rotatable bonds is 7. The molecule has 2 heteroatoms. The average molecular weight is 261 g/mol. The average Bonchev–Trinajstić information content (AvgIpc) is 2.43. The summed E-state index contributed by atoms with van der Waals surface area (Å²) in [5.74, 6) is 1.02. The van der Waals surface area contributed by atoms with Gasteiger partial charge >= 0.3 is 0 Å². The van der Waals surface area contributed by atoms with Crippen molar-refractivity contribution in [2.24, 2.45) is 5.73 Å². The van der Waals surface area contributed by atoms with E-state index in [0.29, 0.717) is 0 Å². The zero-order valence-corrected chi connectivity index (χ0v) is 12.2. The molecule has 1 aromatic rings. The third kappa shape index (κ3) is 4.24. The van der Waals surface area contributed by atoms with Crippen molar-refractivity contribution in [3.05, 3.63) is 29.3 Å². The van der Waals surface area contributed by atoms with Crippen molar-refractivity contribution in [2.75, 3.05) is 6.61 Å². The lowest BCUT2D eigenvalue weighted by Crippen LogP contribution is -2.17. The van der Waals surface area contributed by atoms with Gasteiger partial charge < -0.3 is 10.5 Å². The summed E-state index contributed by atoms with van der Waals surface area (Å²) in [4.78, 5) is 0. The highest BCUT2D eigenvalue weighted by Crippen LogP contribution is 2.30. The molecule has 1 unspecified atom stereocenters. The second-order valence-corrected chi connectivity index (χ2v) is 5.62. The van der Waals surface area contributed by atoms with Gasteiger partial charge in [0.1, 0.15) is 5.75 Å². The van der Waals surface area contributed by atoms with E-state index in [4.69, 9.17) is 10.5 Å². The van der Waals surface area contributed by atoms with Crippen LogP contribution in [0.25, 0.3) is 0 Å². The molecule has 19 heavy (non-hydrogen) atoms. The molecule has 2 N–H and O–H groups in total. The van der Waals surface area contributed by atoms with Crippen molar-refractivity contribution in [3.8, 4) is 5.75 Å². The highest BCUT2D eigenvalue weighted by molar-refractivity contribution is 5.38. The Morgan fingerprint density at radius 1 is 1.21 bits per heavy atom. The molecular weight excluding hydrogens is 234 g/mol. The Hall–Kier alpha value is -1.02. The highest BCUT2D eigenvalue weighted by atomic mass is 16.5. The van der Waals surface area contributed by atoms with Gasteiger partial charge in [-0.3, -0.25) is 0 Å². The van der Waals surface area contributed by atoms with Crippen molar-refractivity contribution in [1.82, 2.24) is 0 Å². The minimum Gasteiger partial charge on any atom is -0.494 e. The van der Waals surface area contributed by atoms with Gasteiger partial charge in [-0.1, -0.05) is 38.7 Å². The monoisotopic (exact) mass is 261 g/mol. The summed E-state index contributed by atoms with van der Waals surface area (Å²) in [6, 6.07) is 6.66. The molecule has 1 aliphatic rings. The first-order valence-electron chi connectivity index (χ1n) is 7.82. The maximum Gasteiger partial charge on any atom is 0.119 e. The van der Waals surface area contributed by atoms with E-state index in [0.717, 1.165) is 31.6 Å². The van der Waals surface area contributed by atoms with E-state index in [2.05, 4.69) is 25.1 Å². The predicted molar refractivity (Wildman–Crippen MR) is 80.6 cm³/mol. The summed E-state index contributed by atoms with van der Waals surface area (Å²) < 4.78 is 5.85. The fraction of sp³-hybridized carbons (Fsp3) is 0.647. The molecule has 1 aliphatic carbocycles. The van der Waals surface area contributed by atoms with Crippen LogP contribution in [0.5, 0.6) is 5.75 Å². The van der Waals surface area contributed by atoms with E-state index in [1.54, 1.807) is 0 Å². The number of unbranched alkanes of at least 4 members (excludes halogenated alkanes) is 4. The largest absolute Gasteiger partial charge is 0.494 e. The van der Waals surface area contributed by atoms with Crippen molar-refractivity contribution in [3.63, 3.8) is 0 Å². The Labute approximate surface area is 117 Å². The van der Waals surface area contributed by atoms with Gasteiger partial charge in [-0.15, -0.1) is 0 Å². The van der Waals surface area contributed by atoms with E-state index in [1.807, 2.05) is 0 Å². The van der Waals surface area contributed by atoms with Gasteiger partial charge in [-0.25, -0.2) is 0 Å². The molecular formula is C17H27NO. The Morgan fingerprint density at radius 2 is 2.05 bits per heavy atom. The summed E-state index contributed by atoms with van der Waals surface area (Å²) in [7, 11) is 0. The molecule has 0 fully saturated rings. The zero-order valence-electron chi connectivity index (χ0n) is 12.2. The Morgan fingerprint density at radius 3 is 2.89 bits per heavy atom. The van der Waals surface area contributed by atoms with Gasteiger partial charge in [0, 0.05) is 6.04 Å². The van der Waals surface area contributed by atoms with Crippen molar-refractivity contribution in [2.45, 2.75) is 64.3 Å². The lowest BCUT2D eigenvalue weighted by molar-refractivity contribution is 0.304. The maximum atomic E-state index is 6.12. The van der Waals surface area contributed by atoms with Gasteiger partial charge in [0.05, 0.1) is 6.61 Å². The number of benzene rings is 1. The lowest BCUT2D eigenvalue weighted by atomic mass is 9.88. The topological polar surface area (TPSA) is 35.2 Å². The molecule has 1 atom stereocenters. The summed E-state index contributed by atoms with van der Waals surface area (Å²) in [6.07, 6.45) is 9.89. The van der Waals surface area contributed by atoms with Gasteiger partial charge in [-0.05, 0) is 48.9 Å². The molecule has 0 radical (unpaired) electrons. The summed E-state index contributed by atoms with van der Waals surface area (Å²) in [5.41, 5.74) is 8.84. The fourth-order valence-electron chi connectivity index (χ4n) is 2.81. The van der Waals surface area contributed by atoms with Crippen molar-refractivity contribution >= 4 is 0 Å². The van der Waals surface area contributed by atoms with Crippen LogP contribution in [0.2, 0.25) is 0 Å². The van der Waals surface area contributed by atoms with Crippen LogP contribution in [-0.2, 0) is 6.42 Å². The second-order valence-electron chi connectivity index (χ2n) is 5.62. The predicted octanol–water partition coefficient (Wildman–Crippen LogP) is 4.37. The van der Waals surface area contributed by atoms with E-state index in [1.165, 1.54) is 43.2 Å². The standard InChI is InChI=1S/C17H27NO/c1-2-3-4-5-6-12-19-15-10-11-16-14(13-15)8-7-9-17(16)18/h10-11,13,17H,2-9,12,18H2,1H3. The highest BCUT2D eigenvalue weighted by Gasteiger charge is 2.16. The van der Waals surface area contributed by atoms with E-state index in [9.17, 15) is 0 Å². The number of aryl methyl sites for hydroxylation is 1. The second kappa shape index (κ2) is 7.54. The van der Waals surface area contributed by atoms with Crippen LogP contribution in [0.4, 0.5) is 0 Å². The third-order valence-corrected chi connectivity index (χ3v) is 3.99. The minimum atomic E-state index is 0.229. The fourth-order valence-corrected chi connectivity index (χ4v) is 2.81. The van der Waals surface area contributed by atoms with Crippen molar-refractivity contribution in [1.29, 1.82) is 0 Å². The first-order chi connectivity index (χ1) is 9.31. The van der Waals surface area contributed by atoms with Crippen molar-refractivity contribution < 1.29 is 4.74 Å². The number of hydrogen-bond donors (Lipinski definition) is 1. The normalized spacial score (nSPS) is 18.1. The number of hydrogen-bond acceptors (Lipinski definition) is 2. The SMILES string of the molecule is CCCCCCCOc1ccc2c(c1)CCCC2N. The van der Waals surface area contributed by atoms with Crippen LogP contribution in [0, 0.1) is 0 Å². The summed E-state index contributed by atoms with van der Waals surface area (Å²) >= 11 is 0. The van der Waals surface area contributed by atoms with E-state index in [-0.39, 0.29) is 6.04 Å². The molecule has 0 heterocycles. The molecule has 1 aromatic carbocycles. The molecule has 0 bridgehead atoms. The van der Waals surface area contributed by atoms with Gasteiger partial charge in [0.2, 0.25) is 0 Å². The summed E-state index contributed by atoms with van der Waals surface area (Å²) in [5, 5.41) is 0. The Kier molecular flexibility index (Phi) is 5.71. The first kappa shape index (κ1) is 14.4. The zero-order chi connectivity index (χ0) is 13.5.